The lowest BCUT2D eigenvalue weighted by Crippen LogP contribution is -1.96. The molecule has 50 heavy (non-hydrogen) atoms. The number of nitrogens with zero attached hydrogens (tertiary/aromatic N) is 3. The zero-order chi connectivity index (χ0) is 33.0. The van der Waals surface area contributed by atoms with Crippen LogP contribution >= 0.6 is 0 Å². The van der Waals surface area contributed by atoms with Gasteiger partial charge >= 0.3 is 0 Å². The van der Waals surface area contributed by atoms with Gasteiger partial charge in [0.25, 0.3) is 0 Å². The molecule has 0 saturated carbocycles. The Bertz CT molecular complexity index is 2800. The van der Waals surface area contributed by atoms with Crippen LogP contribution in [0, 0.1) is 0 Å². The largest absolute Gasteiger partial charge is 0.456 e. The Hall–Kier alpha value is -6.78. The fourth-order valence-electron chi connectivity index (χ4n) is 7.28. The van der Waals surface area contributed by atoms with Crippen LogP contribution in [0.25, 0.3) is 94.5 Å². The van der Waals surface area contributed by atoms with E-state index in [2.05, 4.69) is 132 Å². The van der Waals surface area contributed by atoms with Gasteiger partial charge in [-0.15, -0.1) is 0 Å². The van der Waals surface area contributed by atoms with Gasteiger partial charge in [-0.05, 0) is 59.7 Å². The number of furan rings is 1. The summed E-state index contributed by atoms with van der Waals surface area (Å²) in [6.07, 6.45) is 0. The van der Waals surface area contributed by atoms with Gasteiger partial charge in [-0.2, -0.15) is 0 Å². The van der Waals surface area contributed by atoms with Crippen LogP contribution in [-0.2, 0) is 0 Å². The van der Waals surface area contributed by atoms with Crippen molar-refractivity contribution < 1.29 is 4.42 Å². The van der Waals surface area contributed by atoms with E-state index in [0.29, 0.717) is 5.82 Å². The summed E-state index contributed by atoms with van der Waals surface area (Å²) in [5, 5.41) is 4.47. The highest BCUT2D eigenvalue weighted by Crippen LogP contribution is 2.40. The second kappa shape index (κ2) is 11.4. The maximum atomic E-state index is 6.49. The fraction of sp³-hybridized carbons (Fsp3) is 0. The van der Waals surface area contributed by atoms with Crippen LogP contribution in [0.3, 0.4) is 0 Å². The smallest absolute Gasteiger partial charge is 0.161 e. The molecular weight excluding hydrogens is 611 g/mol. The van der Waals surface area contributed by atoms with Crippen LogP contribution in [0.5, 0.6) is 0 Å². The van der Waals surface area contributed by atoms with E-state index in [9.17, 15) is 0 Å². The van der Waals surface area contributed by atoms with Gasteiger partial charge in [-0.1, -0.05) is 127 Å². The standard InChI is InChI=1S/C46H29N3O/c1-4-13-30(14-5-1)33-23-25-42-37(27-33)35-19-10-11-21-41(35)49(42)34-24-26-43-38(28-34)45-36(20-12-22-44(45)50-43)46-47-39(31-15-6-2-7-16-31)29-40(48-46)32-17-8-3-9-18-32/h1-29H. The minimum atomic E-state index is 0.661. The van der Waals surface area contributed by atoms with Crippen LogP contribution in [0.2, 0.25) is 0 Å². The maximum Gasteiger partial charge on any atom is 0.161 e. The van der Waals surface area contributed by atoms with Gasteiger partial charge in [0, 0.05) is 43.9 Å². The average Bonchev–Trinajstić information content (AvgIpc) is 3.74. The van der Waals surface area contributed by atoms with Crippen LogP contribution in [0.15, 0.2) is 180 Å². The summed E-state index contributed by atoms with van der Waals surface area (Å²) in [7, 11) is 0. The number of rotatable bonds is 5. The van der Waals surface area contributed by atoms with Crippen molar-refractivity contribution in [2.45, 2.75) is 0 Å². The molecule has 0 aliphatic rings. The molecule has 4 nitrogen and oxygen atoms in total. The quantitative estimate of drug-likeness (QED) is 0.188. The predicted molar refractivity (Wildman–Crippen MR) is 205 cm³/mol. The molecule has 0 atom stereocenters. The minimum Gasteiger partial charge on any atom is -0.456 e. The van der Waals surface area contributed by atoms with Crippen molar-refractivity contribution in [1.29, 1.82) is 0 Å². The lowest BCUT2D eigenvalue weighted by atomic mass is 10.0. The zero-order valence-corrected chi connectivity index (χ0v) is 27.0. The first kappa shape index (κ1) is 28.3. The number of para-hydroxylation sites is 1. The van der Waals surface area contributed by atoms with E-state index in [-0.39, 0.29) is 0 Å². The van der Waals surface area contributed by atoms with Crippen LogP contribution in [0.1, 0.15) is 0 Å². The van der Waals surface area contributed by atoms with Gasteiger partial charge < -0.3 is 8.98 Å². The van der Waals surface area contributed by atoms with E-state index in [1.54, 1.807) is 0 Å². The predicted octanol–water partition coefficient (Wildman–Crippen LogP) is 12.1. The normalized spacial score (nSPS) is 11.6. The van der Waals surface area contributed by atoms with Crippen molar-refractivity contribution in [1.82, 2.24) is 14.5 Å². The van der Waals surface area contributed by atoms with Crippen molar-refractivity contribution in [3.63, 3.8) is 0 Å². The second-order valence-corrected chi connectivity index (χ2v) is 12.6. The summed E-state index contributed by atoms with van der Waals surface area (Å²) in [5.74, 6) is 0.661. The van der Waals surface area contributed by atoms with Crippen LogP contribution in [-0.4, -0.2) is 14.5 Å². The molecule has 10 rings (SSSR count). The first-order chi connectivity index (χ1) is 24.8. The molecule has 10 aromatic rings. The maximum absolute atomic E-state index is 6.49. The monoisotopic (exact) mass is 639 g/mol. The van der Waals surface area contributed by atoms with Gasteiger partial charge in [0.1, 0.15) is 11.2 Å². The summed E-state index contributed by atoms with van der Waals surface area (Å²) in [6, 6.07) is 61.3. The van der Waals surface area contributed by atoms with Gasteiger partial charge in [0.2, 0.25) is 0 Å². The number of aromatic nitrogens is 3. The summed E-state index contributed by atoms with van der Waals surface area (Å²) in [4.78, 5) is 10.3. The third kappa shape index (κ3) is 4.61. The van der Waals surface area contributed by atoms with Crippen LogP contribution < -0.4 is 0 Å². The van der Waals surface area contributed by atoms with E-state index in [1.807, 2.05) is 48.5 Å². The molecule has 3 aromatic heterocycles. The molecule has 0 fully saturated rings. The highest BCUT2D eigenvalue weighted by atomic mass is 16.3. The number of hydrogen-bond donors (Lipinski definition) is 0. The van der Waals surface area contributed by atoms with Gasteiger partial charge in [0.15, 0.2) is 5.82 Å². The molecule has 0 amide bonds. The Labute approximate surface area is 288 Å². The molecule has 0 bridgehead atoms. The summed E-state index contributed by atoms with van der Waals surface area (Å²) in [6.45, 7) is 0. The Morgan fingerprint density at radius 2 is 1.04 bits per heavy atom. The van der Waals surface area contributed by atoms with Crippen molar-refractivity contribution in [2.24, 2.45) is 0 Å². The molecule has 0 aliphatic carbocycles. The highest BCUT2D eigenvalue weighted by molar-refractivity contribution is 6.14. The molecule has 4 heteroatoms. The first-order valence-electron chi connectivity index (χ1n) is 16.8. The van der Waals surface area contributed by atoms with E-state index in [0.717, 1.165) is 66.7 Å². The topological polar surface area (TPSA) is 43.9 Å². The second-order valence-electron chi connectivity index (χ2n) is 12.6. The van der Waals surface area contributed by atoms with E-state index in [1.165, 1.54) is 21.9 Å². The molecule has 0 aliphatic heterocycles. The van der Waals surface area contributed by atoms with Gasteiger partial charge in [-0.3, -0.25) is 0 Å². The SMILES string of the molecule is c1ccc(-c2ccc3c(c2)c2ccccc2n3-c2ccc3oc4cccc(-c5nc(-c6ccccc6)cc(-c6ccccc6)n5)c4c3c2)cc1. The minimum absolute atomic E-state index is 0.661. The Morgan fingerprint density at radius 1 is 0.400 bits per heavy atom. The Morgan fingerprint density at radius 3 is 1.76 bits per heavy atom. The third-order valence-corrected chi connectivity index (χ3v) is 9.62. The molecule has 0 radical (unpaired) electrons. The molecule has 234 valence electrons. The third-order valence-electron chi connectivity index (χ3n) is 9.62. The molecule has 0 unspecified atom stereocenters. The van der Waals surface area contributed by atoms with Gasteiger partial charge in [0.05, 0.1) is 22.4 Å². The molecule has 0 saturated heterocycles. The van der Waals surface area contributed by atoms with E-state index < -0.39 is 0 Å². The van der Waals surface area contributed by atoms with Crippen molar-refractivity contribution >= 4 is 43.7 Å². The van der Waals surface area contributed by atoms with E-state index >= 15 is 0 Å². The summed E-state index contributed by atoms with van der Waals surface area (Å²) >= 11 is 0. The Kier molecular flexibility index (Phi) is 6.46. The van der Waals surface area contributed by atoms with Gasteiger partial charge in [-0.25, -0.2) is 9.97 Å². The number of benzene rings is 7. The van der Waals surface area contributed by atoms with E-state index in [4.69, 9.17) is 14.4 Å². The summed E-state index contributed by atoms with van der Waals surface area (Å²) in [5.41, 5.74) is 12.2. The Balaban J connectivity index is 1.20. The lowest BCUT2D eigenvalue weighted by molar-refractivity contribution is 0.669. The summed E-state index contributed by atoms with van der Waals surface area (Å²) < 4.78 is 8.85. The molecule has 3 heterocycles. The van der Waals surface area contributed by atoms with Crippen molar-refractivity contribution in [3.8, 4) is 50.7 Å². The number of fused-ring (bicyclic) bond motifs is 6. The number of hydrogen-bond acceptors (Lipinski definition) is 3. The lowest BCUT2D eigenvalue weighted by Gasteiger charge is -2.11. The zero-order valence-electron chi connectivity index (χ0n) is 27.0. The highest BCUT2D eigenvalue weighted by Gasteiger charge is 2.19. The molecular formula is C46H29N3O. The average molecular weight is 640 g/mol. The van der Waals surface area contributed by atoms with Crippen LogP contribution in [0.4, 0.5) is 0 Å². The molecule has 7 aromatic carbocycles. The fourth-order valence-corrected chi connectivity index (χ4v) is 7.28. The molecule has 0 spiro atoms. The van der Waals surface area contributed by atoms with Crippen molar-refractivity contribution in [3.05, 3.63) is 176 Å². The molecule has 0 N–H and O–H groups in total. The van der Waals surface area contributed by atoms with Crippen molar-refractivity contribution in [2.75, 3.05) is 0 Å². The first-order valence-corrected chi connectivity index (χ1v) is 16.8.